The first-order valence-electron chi connectivity index (χ1n) is 3.94. The fraction of sp³-hybridized carbons (Fsp3) is 0.200. The highest BCUT2D eigenvalue weighted by molar-refractivity contribution is 9.10. The Balaban J connectivity index is 2.83. The van der Waals surface area contributed by atoms with Gasteiger partial charge < -0.3 is 0 Å². The first kappa shape index (κ1) is 9.56. The summed E-state index contributed by atoms with van der Waals surface area (Å²) in [6.45, 7) is 2.17. The molecule has 1 aromatic carbocycles. The average Bonchev–Trinajstić information content (AvgIpc) is 2.59. The summed E-state index contributed by atoms with van der Waals surface area (Å²) < 4.78 is 2.64. The van der Waals surface area contributed by atoms with Gasteiger partial charge in [-0.3, -0.25) is 0 Å². The van der Waals surface area contributed by atoms with Crippen molar-refractivity contribution in [1.82, 2.24) is 0 Å². The van der Waals surface area contributed by atoms with E-state index in [2.05, 4.69) is 46.6 Å². The molecule has 0 nitrogen and oxygen atoms in total. The standard InChI is InChI=1S/C10H9BrS2/c1-6-9(11)8(12-2)5-7-3-4-13-10(6)7/h3-5H,1-2H3. The van der Waals surface area contributed by atoms with E-state index in [1.807, 2.05) is 11.3 Å². The second kappa shape index (κ2) is 3.64. The lowest BCUT2D eigenvalue weighted by atomic mass is 10.2. The molecule has 1 aromatic heterocycles. The summed E-state index contributed by atoms with van der Waals surface area (Å²) in [5, 5.41) is 3.50. The number of benzene rings is 1. The molecule has 0 amide bonds. The van der Waals surface area contributed by atoms with Gasteiger partial charge in [0.05, 0.1) is 0 Å². The third-order valence-corrected chi connectivity index (χ3v) is 5.18. The minimum Gasteiger partial charge on any atom is -0.143 e. The quantitative estimate of drug-likeness (QED) is 0.679. The van der Waals surface area contributed by atoms with Crippen molar-refractivity contribution in [3.05, 3.63) is 27.5 Å². The van der Waals surface area contributed by atoms with E-state index >= 15 is 0 Å². The maximum Gasteiger partial charge on any atom is 0.0383 e. The van der Waals surface area contributed by atoms with Crippen LogP contribution in [0, 0.1) is 6.92 Å². The lowest BCUT2D eigenvalue weighted by Crippen LogP contribution is -1.80. The van der Waals surface area contributed by atoms with Crippen LogP contribution in [-0.4, -0.2) is 6.26 Å². The number of fused-ring (bicyclic) bond motifs is 1. The number of rotatable bonds is 1. The zero-order chi connectivity index (χ0) is 9.42. The fourth-order valence-electron chi connectivity index (χ4n) is 1.38. The molecule has 68 valence electrons. The number of thiophene rings is 1. The van der Waals surface area contributed by atoms with Gasteiger partial charge in [-0.1, -0.05) is 0 Å². The molecule has 13 heavy (non-hydrogen) atoms. The number of hydrogen-bond acceptors (Lipinski definition) is 2. The van der Waals surface area contributed by atoms with Gasteiger partial charge in [-0.25, -0.2) is 0 Å². The van der Waals surface area contributed by atoms with E-state index in [1.165, 1.54) is 25.0 Å². The number of hydrogen-bond donors (Lipinski definition) is 0. The highest BCUT2D eigenvalue weighted by atomic mass is 79.9. The second-order valence-corrected chi connectivity index (χ2v) is 5.41. The van der Waals surface area contributed by atoms with Crippen LogP contribution in [0.15, 0.2) is 26.9 Å². The average molecular weight is 273 g/mol. The third kappa shape index (κ3) is 1.53. The predicted octanol–water partition coefficient (Wildman–Crippen LogP) is 4.69. The molecule has 2 aromatic rings. The number of aryl methyl sites for hydroxylation is 1. The normalized spacial score (nSPS) is 11.0. The molecule has 2 rings (SSSR count). The number of halogens is 1. The molecule has 0 radical (unpaired) electrons. The topological polar surface area (TPSA) is 0 Å². The molecule has 0 saturated carbocycles. The molecule has 1 heterocycles. The molecule has 0 spiro atoms. The van der Waals surface area contributed by atoms with E-state index in [4.69, 9.17) is 0 Å². The molecule has 0 atom stereocenters. The van der Waals surface area contributed by atoms with Crippen molar-refractivity contribution < 1.29 is 0 Å². The van der Waals surface area contributed by atoms with Crippen molar-refractivity contribution >= 4 is 49.1 Å². The Kier molecular flexibility index (Phi) is 2.67. The van der Waals surface area contributed by atoms with Gasteiger partial charge in [0, 0.05) is 14.1 Å². The first-order valence-corrected chi connectivity index (χ1v) is 6.84. The molecule has 0 N–H and O–H groups in total. The van der Waals surface area contributed by atoms with Crippen molar-refractivity contribution in [2.75, 3.05) is 6.26 Å². The summed E-state index contributed by atoms with van der Waals surface area (Å²) in [6, 6.07) is 4.42. The summed E-state index contributed by atoms with van der Waals surface area (Å²) in [5.41, 5.74) is 1.36. The van der Waals surface area contributed by atoms with E-state index in [0.29, 0.717) is 0 Å². The van der Waals surface area contributed by atoms with Crippen LogP contribution in [0.5, 0.6) is 0 Å². The van der Waals surface area contributed by atoms with Crippen LogP contribution in [0.1, 0.15) is 5.56 Å². The van der Waals surface area contributed by atoms with Gasteiger partial charge in [0.25, 0.3) is 0 Å². The van der Waals surface area contributed by atoms with Crippen LogP contribution >= 0.6 is 39.0 Å². The van der Waals surface area contributed by atoms with Crippen molar-refractivity contribution in [3.8, 4) is 0 Å². The Morgan fingerprint density at radius 3 is 2.92 bits per heavy atom. The molecule has 0 fully saturated rings. The molecule has 0 aliphatic rings. The molecule has 0 unspecified atom stereocenters. The molecule has 0 aliphatic heterocycles. The van der Waals surface area contributed by atoms with Gasteiger partial charge >= 0.3 is 0 Å². The van der Waals surface area contributed by atoms with Crippen LogP contribution in [0.4, 0.5) is 0 Å². The zero-order valence-electron chi connectivity index (χ0n) is 7.43. The predicted molar refractivity (Wildman–Crippen MR) is 66.0 cm³/mol. The summed E-state index contributed by atoms with van der Waals surface area (Å²) in [6.07, 6.45) is 2.11. The number of thioether (sulfide) groups is 1. The van der Waals surface area contributed by atoms with Crippen LogP contribution in [0.25, 0.3) is 10.1 Å². The molecule has 0 saturated heterocycles. The minimum absolute atomic E-state index is 1.25. The molecular weight excluding hydrogens is 264 g/mol. The lowest BCUT2D eigenvalue weighted by molar-refractivity contribution is 1.37. The van der Waals surface area contributed by atoms with E-state index in [1.54, 1.807) is 11.8 Å². The molecular formula is C10H9BrS2. The highest BCUT2D eigenvalue weighted by Gasteiger charge is 2.07. The largest absolute Gasteiger partial charge is 0.143 e. The molecule has 3 heteroatoms. The minimum atomic E-state index is 1.25. The Labute approximate surface area is 94.5 Å². The van der Waals surface area contributed by atoms with Crippen LogP contribution in [0.3, 0.4) is 0 Å². The van der Waals surface area contributed by atoms with Gasteiger partial charge in [0.15, 0.2) is 0 Å². The summed E-state index contributed by atoms with van der Waals surface area (Å²) in [7, 11) is 0. The second-order valence-electron chi connectivity index (χ2n) is 2.86. The highest BCUT2D eigenvalue weighted by Crippen LogP contribution is 2.36. The van der Waals surface area contributed by atoms with Crippen LogP contribution in [0.2, 0.25) is 0 Å². The van der Waals surface area contributed by atoms with Crippen molar-refractivity contribution in [1.29, 1.82) is 0 Å². The Hall–Kier alpha value is 0.01000. The van der Waals surface area contributed by atoms with Gasteiger partial charge in [-0.05, 0) is 57.6 Å². The van der Waals surface area contributed by atoms with E-state index in [-0.39, 0.29) is 0 Å². The zero-order valence-corrected chi connectivity index (χ0v) is 10.6. The monoisotopic (exact) mass is 272 g/mol. The maximum atomic E-state index is 3.63. The van der Waals surface area contributed by atoms with E-state index in [0.717, 1.165) is 0 Å². The van der Waals surface area contributed by atoms with Crippen molar-refractivity contribution in [3.63, 3.8) is 0 Å². The van der Waals surface area contributed by atoms with Crippen molar-refractivity contribution in [2.24, 2.45) is 0 Å². The maximum absolute atomic E-state index is 3.63. The summed E-state index contributed by atoms with van der Waals surface area (Å²) in [5.74, 6) is 0. The van der Waals surface area contributed by atoms with Gasteiger partial charge in [-0.15, -0.1) is 23.1 Å². The SMILES string of the molecule is CSc1cc2ccsc2c(C)c1Br. The molecule has 0 aliphatic carbocycles. The Bertz CT molecular complexity index is 445. The van der Waals surface area contributed by atoms with Crippen molar-refractivity contribution in [2.45, 2.75) is 11.8 Å². The third-order valence-electron chi connectivity index (χ3n) is 2.09. The summed E-state index contributed by atoms with van der Waals surface area (Å²) in [4.78, 5) is 1.32. The fourth-order valence-corrected chi connectivity index (χ4v) is 3.77. The Morgan fingerprint density at radius 2 is 2.23 bits per heavy atom. The smallest absolute Gasteiger partial charge is 0.0383 e. The lowest BCUT2D eigenvalue weighted by Gasteiger charge is -2.05. The van der Waals surface area contributed by atoms with E-state index < -0.39 is 0 Å². The molecule has 0 bridgehead atoms. The summed E-state index contributed by atoms with van der Waals surface area (Å²) >= 11 is 7.23. The van der Waals surface area contributed by atoms with Gasteiger partial charge in [0.1, 0.15) is 0 Å². The van der Waals surface area contributed by atoms with E-state index in [9.17, 15) is 0 Å². The van der Waals surface area contributed by atoms with Gasteiger partial charge in [0.2, 0.25) is 0 Å². The van der Waals surface area contributed by atoms with Crippen LogP contribution < -0.4 is 0 Å². The first-order chi connectivity index (χ1) is 6.24. The Morgan fingerprint density at radius 1 is 1.46 bits per heavy atom. The van der Waals surface area contributed by atoms with Gasteiger partial charge in [-0.2, -0.15) is 0 Å². The van der Waals surface area contributed by atoms with Crippen LogP contribution in [-0.2, 0) is 0 Å².